The maximum atomic E-state index is 11.0. The highest BCUT2D eigenvalue weighted by Crippen LogP contribution is 2.42. The maximum absolute atomic E-state index is 11.0. The number of cyclic esters (lactones) is 1. The van der Waals surface area contributed by atoms with Crippen molar-refractivity contribution >= 4 is 5.97 Å². The van der Waals surface area contributed by atoms with Crippen LogP contribution in [0, 0.1) is 0 Å². The van der Waals surface area contributed by atoms with Crippen LogP contribution in [0.25, 0.3) is 11.1 Å². The van der Waals surface area contributed by atoms with Crippen molar-refractivity contribution in [3.05, 3.63) is 59.2 Å². The van der Waals surface area contributed by atoms with Gasteiger partial charge in [-0.05, 0) is 34.2 Å². The molecule has 88 valence electrons. The number of hydrogen-bond donors (Lipinski definition) is 0. The molecule has 0 N–H and O–H groups in total. The Morgan fingerprint density at radius 1 is 1.00 bits per heavy atom. The van der Waals surface area contributed by atoms with Crippen molar-refractivity contribution in [3.8, 4) is 11.1 Å². The summed E-state index contributed by atoms with van der Waals surface area (Å²) in [7, 11) is 0. The van der Waals surface area contributed by atoms with Gasteiger partial charge in [0, 0.05) is 0 Å². The van der Waals surface area contributed by atoms with E-state index in [-0.39, 0.29) is 12.1 Å². The SMILES string of the molecule is O=C1C[C@@H](c2cccc3c2Cc2ccccc2-3)O1. The van der Waals surface area contributed by atoms with Gasteiger partial charge in [0.15, 0.2) is 0 Å². The van der Waals surface area contributed by atoms with E-state index < -0.39 is 0 Å². The molecule has 2 aliphatic rings. The molecule has 1 heterocycles. The molecule has 18 heavy (non-hydrogen) atoms. The van der Waals surface area contributed by atoms with Crippen molar-refractivity contribution in [2.24, 2.45) is 0 Å². The first-order chi connectivity index (χ1) is 8.83. The first kappa shape index (κ1) is 9.89. The molecule has 0 radical (unpaired) electrons. The lowest BCUT2D eigenvalue weighted by molar-refractivity contribution is -0.170. The highest BCUT2D eigenvalue weighted by atomic mass is 16.6. The quantitative estimate of drug-likeness (QED) is 0.606. The lowest BCUT2D eigenvalue weighted by Crippen LogP contribution is -2.25. The molecule has 1 atom stereocenters. The fourth-order valence-corrected chi connectivity index (χ4v) is 2.96. The van der Waals surface area contributed by atoms with Crippen LogP contribution in [0.3, 0.4) is 0 Å². The number of benzene rings is 2. The van der Waals surface area contributed by atoms with Crippen LogP contribution in [0.5, 0.6) is 0 Å². The van der Waals surface area contributed by atoms with Crippen molar-refractivity contribution < 1.29 is 9.53 Å². The Balaban J connectivity index is 1.84. The molecule has 2 aromatic carbocycles. The molecule has 4 rings (SSSR count). The summed E-state index contributed by atoms with van der Waals surface area (Å²) in [5.74, 6) is -0.0897. The summed E-state index contributed by atoms with van der Waals surface area (Å²) in [5.41, 5.74) is 6.50. The molecule has 0 unspecified atom stereocenters. The van der Waals surface area contributed by atoms with Gasteiger partial charge in [-0.1, -0.05) is 42.5 Å². The molecule has 1 fully saturated rings. The third-order valence-electron chi connectivity index (χ3n) is 3.86. The van der Waals surface area contributed by atoms with E-state index in [0.717, 1.165) is 6.42 Å². The predicted molar refractivity (Wildman–Crippen MR) is 68.1 cm³/mol. The van der Waals surface area contributed by atoms with Gasteiger partial charge in [-0.25, -0.2) is 0 Å². The Morgan fingerprint density at radius 3 is 2.61 bits per heavy atom. The lowest BCUT2D eigenvalue weighted by Gasteiger charge is -2.27. The number of carbonyl (C=O) groups excluding carboxylic acids is 1. The Labute approximate surface area is 105 Å². The van der Waals surface area contributed by atoms with Crippen molar-refractivity contribution in [3.63, 3.8) is 0 Å². The summed E-state index contributed by atoms with van der Waals surface area (Å²) in [4.78, 5) is 11.0. The van der Waals surface area contributed by atoms with Crippen LogP contribution in [0.2, 0.25) is 0 Å². The van der Waals surface area contributed by atoms with E-state index in [1.54, 1.807) is 0 Å². The minimum Gasteiger partial charge on any atom is -0.457 e. The Bertz CT molecular complexity index is 650. The molecule has 2 heteroatoms. The van der Waals surface area contributed by atoms with E-state index in [4.69, 9.17) is 4.74 Å². The second kappa shape index (κ2) is 3.45. The average molecular weight is 236 g/mol. The zero-order valence-electron chi connectivity index (χ0n) is 9.85. The van der Waals surface area contributed by atoms with Gasteiger partial charge in [0.1, 0.15) is 6.10 Å². The van der Waals surface area contributed by atoms with Gasteiger partial charge in [0.2, 0.25) is 0 Å². The summed E-state index contributed by atoms with van der Waals surface area (Å²) >= 11 is 0. The number of rotatable bonds is 1. The third-order valence-corrected chi connectivity index (χ3v) is 3.86. The van der Waals surface area contributed by atoms with Crippen molar-refractivity contribution in [2.45, 2.75) is 18.9 Å². The molecule has 0 spiro atoms. The van der Waals surface area contributed by atoms with Crippen LogP contribution in [0.15, 0.2) is 42.5 Å². The molecular weight excluding hydrogens is 224 g/mol. The van der Waals surface area contributed by atoms with Gasteiger partial charge in [-0.15, -0.1) is 0 Å². The average Bonchev–Trinajstić information content (AvgIpc) is 2.74. The largest absolute Gasteiger partial charge is 0.457 e. The van der Waals surface area contributed by atoms with Crippen LogP contribution in [0.1, 0.15) is 29.2 Å². The Morgan fingerprint density at radius 2 is 1.78 bits per heavy atom. The van der Waals surface area contributed by atoms with Crippen LogP contribution in [0.4, 0.5) is 0 Å². The van der Waals surface area contributed by atoms with Crippen LogP contribution in [-0.4, -0.2) is 5.97 Å². The number of hydrogen-bond acceptors (Lipinski definition) is 2. The molecule has 0 amide bonds. The van der Waals surface area contributed by atoms with Gasteiger partial charge in [0.25, 0.3) is 0 Å². The van der Waals surface area contributed by atoms with E-state index in [2.05, 4.69) is 42.5 Å². The smallest absolute Gasteiger partial charge is 0.310 e. The second-order valence-corrected chi connectivity index (χ2v) is 4.89. The predicted octanol–water partition coefficient (Wildman–Crippen LogP) is 3.25. The van der Waals surface area contributed by atoms with Gasteiger partial charge < -0.3 is 4.74 Å². The minimum atomic E-state index is -0.0897. The summed E-state index contributed by atoms with van der Waals surface area (Å²) in [6, 6.07) is 14.8. The van der Waals surface area contributed by atoms with E-state index in [0.29, 0.717) is 6.42 Å². The minimum absolute atomic E-state index is 0.0261. The molecule has 0 aromatic heterocycles. The monoisotopic (exact) mass is 236 g/mol. The molecule has 1 aliphatic heterocycles. The summed E-state index contributed by atoms with van der Waals surface area (Å²) in [5, 5.41) is 0. The molecule has 2 nitrogen and oxygen atoms in total. The number of fused-ring (bicyclic) bond motifs is 3. The summed E-state index contributed by atoms with van der Waals surface area (Å²) in [6.45, 7) is 0. The number of carbonyl (C=O) groups is 1. The number of ether oxygens (including phenoxy) is 1. The topological polar surface area (TPSA) is 26.3 Å². The van der Waals surface area contributed by atoms with Gasteiger partial charge in [-0.2, -0.15) is 0 Å². The van der Waals surface area contributed by atoms with Crippen molar-refractivity contribution in [1.29, 1.82) is 0 Å². The second-order valence-electron chi connectivity index (χ2n) is 4.89. The van der Waals surface area contributed by atoms with Crippen molar-refractivity contribution in [2.75, 3.05) is 0 Å². The summed E-state index contributed by atoms with van der Waals surface area (Å²) < 4.78 is 5.21. The highest BCUT2D eigenvalue weighted by Gasteiger charge is 2.33. The van der Waals surface area contributed by atoms with Gasteiger partial charge >= 0.3 is 5.97 Å². The molecule has 0 saturated carbocycles. The normalized spacial score (nSPS) is 19.8. The van der Waals surface area contributed by atoms with E-state index in [9.17, 15) is 4.79 Å². The number of esters is 1. The van der Waals surface area contributed by atoms with E-state index >= 15 is 0 Å². The zero-order chi connectivity index (χ0) is 12.1. The fourth-order valence-electron chi connectivity index (χ4n) is 2.96. The highest BCUT2D eigenvalue weighted by molar-refractivity contribution is 5.80. The third kappa shape index (κ3) is 1.26. The first-order valence-electron chi connectivity index (χ1n) is 6.22. The van der Waals surface area contributed by atoms with Crippen LogP contribution >= 0.6 is 0 Å². The van der Waals surface area contributed by atoms with Crippen LogP contribution < -0.4 is 0 Å². The first-order valence-corrected chi connectivity index (χ1v) is 6.22. The summed E-state index contributed by atoms with van der Waals surface area (Å²) in [6.07, 6.45) is 1.45. The Kier molecular flexibility index (Phi) is 1.90. The van der Waals surface area contributed by atoms with Gasteiger partial charge in [-0.3, -0.25) is 4.79 Å². The molecule has 2 aromatic rings. The van der Waals surface area contributed by atoms with Crippen LogP contribution in [-0.2, 0) is 16.0 Å². The zero-order valence-corrected chi connectivity index (χ0v) is 9.85. The molecule has 1 aliphatic carbocycles. The van der Waals surface area contributed by atoms with Gasteiger partial charge in [0.05, 0.1) is 6.42 Å². The van der Waals surface area contributed by atoms with E-state index in [1.165, 1.54) is 27.8 Å². The molecule has 1 saturated heterocycles. The Hall–Kier alpha value is -2.09. The molecule has 0 bridgehead atoms. The maximum Gasteiger partial charge on any atom is 0.310 e. The van der Waals surface area contributed by atoms with Crippen molar-refractivity contribution in [1.82, 2.24) is 0 Å². The standard InChI is InChI=1S/C16H12O2/c17-16-9-15(18-16)13-7-3-6-12-11-5-2-1-4-10(11)8-14(12)13/h1-7,15H,8-9H2/t15-/m0/s1. The lowest BCUT2D eigenvalue weighted by atomic mass is 9.94. The fraction of sp³-hybridized carbons (Fsp3) is 0.188. The molecular formula is C16H12O2. The van der Waals surface area contributed by atoms with E-state index in [1.807, 2.05) is 0 Å².